The second-order valence-corrected chi connectivity index (χ2v) is 7.79. The molecular formula is C21H20FN5O4. The Morgan fingerprint density at radius 2 is 2.13 bits per heavy atom. The van der Waals surface area contributed by atoms with Crippen molar-refractivity contribution < 1.29 is 19.0 Å². The van der Waals surface area contributed by atoms with Gasteiger partial charge in [-0.25, -0.2) is 19.2 Å². The van der Waals surface area contributed by atoms with E-state index in [9.17, 15) is 14.7 Å². The molecule has 2 aliphatic rings. The second-order valence-electron chi connectivity index (χ2n) is 7.79. The summed E-state index contributed by atoms with van der Waals surface area (Å²) in [6.07, 6.45) is 4.31. The average molecular weight is 425 g/mol. The van der Waals surface area contributed by atoms with Crippen LogP contribution in [0.4, 0.5) is 16.0 Å². The van der Waals surface area contributed by atoms with Crippen molar-refractivity contribution in [2.45, 2.75) is 31.5 Å². The number of hydrogen-bond donors (Lipinski definition) is 2. The first kappa shape index (κ1) is 19.3. The molecule has 0 radical (unpaired) electrons. The predicted octanol–water partition coefficient (Wildman–Crippen LogP) is 2.03. The lowest BCUT2D eigenvalue weighted by atomic mass is 10.0. The third-order valence-electron chi connectivity index (χ3n) is 5.86. The van der Waals surface area contributed by atoms with Crippen molar-refractivity contribution in [3.8, 4) is 5.75 Å². The molecule has 1 unspecified atom stereocenters. The molecule has 3 aromatic rings. The zero-order valence-corrected chi connectivity index (χ0v) is 16.7. The summed E-state index contributed by atoms with van der Waals surface area (Å²) in [4.78, 5) is 34.3. The first-order valence-corrected chi connectivity index (χ1v) is 9.99. The van der Waals surface area contributed by atoms with Gasteiger partial charge in [0.1, 0.15) is 5.69 Å². The molecule has 1 saturated heterocycles. The minimum atomic E-state index is -1.20. The zero-order chi connectivity index (χ0) is 21.7. The van der Waals surface area contributed by atoms with E-state index in [0.29, 0.717) is 31.0 Å². The van der Waals surface area contributed by atoms with E-state index in [4.69, 9.17) is 4.74 Å². The molecule has 0 amide bonds. The predicted molar refractivity (Wildman–Crippen MR) is 111 cm³/mol. The number of aliphatic carboxylic acids is 1. The standard InChI is InChI=1S/C21H20FN5O4/c1-11-18(20(29)30)31-19-16-13(15(28)4-8-27(11)16)9-14(22)17(19)26-7-3-12(10-26)25-21-23-5-2-6-24-21/h2,4-6,8-9,11-12,18H,3,7,10H2,1H3,(H,29,30)(H,23,24,25)/t11?,12-,18-/m0/s1. The molecule has 1 fully saturated rings. The molecule has 2 aliphatic heterocycles. The molecule has 9 nitrogen and oxygen atoms in total. The minimum absolute atomic E-state index is 0.0274. The number of nitrogens with one attached hydrogen (secondary N) is 1. The molecule has 1 aromatic carbocycles. The maximum Gasteiger partial charge on any atom is 0.347 e. The molecule has 3 atom stereocenters. The molecule has 0 bridgehead atoms. The van der Waals surface area contributed by atoms with Gasteiger partial charge in [-0.05, 0) is 25.5 Å². The molecule has 0 spiro atoms. The van der Waals surface area contributed by atoms with Crippen molar-refractivity contribution >= 4 is 28.5 Å². The molecule has 0 saturated carbocycles. The SMILES string of the molecule is CC1[C@@H](C(=O)O)Oc2c(N3CC[C@H](Nc4ncccn4)C3)c(F)cc3c(=O)ccn1c23. The van der Waals surface area contributed by atoms with Gasteiger partial charge in [-0.3, -0.25) is 4.79 Å². The highest BCUT2D eigenvalue weighted by atomic mass is 19.1. The number of carboxylic acids is 1. The quantitative estimate of drug-likeness (QED) is 0.654. The molecule has 5 rings (SSSR count). The summed E-state index contributed by atoms with van der Waals surface area (Å²) in [7, 11) is 0. The highest BCUT2D eigenvalue weighted by molar-refractivity contribution is 5.93. The van der Waals surface area contributed by atoms with Crippen LogP contribution in [0.25, 0.3) is 10.9 Å². The number of ether oxygens (including phenoxy) is 1. The molecule has 0 aliphatic carbocycles. The topological polar surface area (TPSA) is 110 Å². The molecule has 4 heterocycles. The average Bonchev–Trinajstić information content (AvgIpc) is 3.20. The normalized spacial score (nSPS) is 22.4. The van der Waals surface area contributed by atoms with Crippen LogP contribution >= 0.6 is 0 Å². The van der Waals surface area contributed by atoms with Gasteiger partial charge in [-0.15, -0.1) is 0 Å². The Morgan fingerprint density at radius 3 is 2.87 bits per heavy atom. The Labute approximate surface area is 176 Å². The summed E-state index contributed by atoms with van der Waals surface area (Å²) in [5.74, 6) is -1.19. The lowest BCUT2D eigenvalue weighted by Crippen LogP contribution is -2.40. The lowest BCUT2D eigenvalue weighted by molar-refractivity contribution is -0.147. The Balaban J connectivity index is 1.58. The van der Waals surface area contributed by atoms with Crippen molar-refractivity contribution in [2.75, 3.05) is 23.3 Å². The van der Waals surface area contributed by atoms with Crippen molar-refractivity contribution in [1.29, 1.82) is 0 Å². The fourth-order valence-electron chi connectivity index (χ4n) is 4.37. The van der Waals surface area contributed by atoms with Crippen molar-refractivity contribution in [2.24, 2.45) is 0 Å². The van der Waals surface area contributed by atoms with Crippen LogP contribution in [0.2, 0.25) is 0 Å². The van der Waals surface area contributed by atoms with E-state index in [1.165, 1.54) is 12.1 Å². The number of carbonyl (C=O) groups is 1. The van der Waals surface area contributed by atoms with Gasteiger partial charge in [-0.1, -0.05) is 0 Å². The van der Waals surface area contributed by atoms with Crippen LogP contribution in [0.5, 0.6) is 5.75 Å². The molecule has 31 heavy (non-hydrogen) atoms. The van der Waals surface area contributed by atoms with Crippen molar-refractivity contribution in [1.82, 2.24) is 14.5 Å². The third kappa shape index (κ3) is 3.15. The first-order chi connectivity index (χ1) is 14.9. The Hall–Kier alpha value is -3.69. The number of halogens is 1. The number of aromatic nitrogens is 3. The lowest BCUT2D eigenvalue weighted by Gasteiger charge is -2.34. The summed E-state index contributed by atoms with van der Waals surface area (Å²) < 4.78 is 22.8. The maximum absolute atomic E-state index is 15.3. The van der Waals surface area contributed by atoms with E-state index in [0.717, 1.165) is 0 Å². The van der Waals surface area contributed by atoms with Crippen LogP contribution in [0.1, 0.15) is 19.4 Å². The fourth-order valence-corrected chi connectivity index (χ4v) is 4.37. The monoisotopic (exact) mass is 425 g/mol. The zero-order valence-electron chi connectivity index (χ0n) is 16.7. The van der Waals surface area contributed by atoms with Gasteiger partial charge in [0.2, 0.25) is 12.1 Å². The van der Waals surface area contributed by atoms with Crippen LogP contribution < -0.4 is 20.4 Å². The van der Waals surface area contributed by atoms with Gasteiger partial charge in [0.15, 0.2) is 17.0 Å². The summed E-state index contributed by atoms with van der Waals surface area (Å²) in [6.45, 7) is 2.67. The van der Waals surface area contributed by atoms with Gasteiger partial charge >= 0.3 is 5.97 Å². The Morgan fingerprint density at radius 1 is 1.35 bits per heavy atom. The van der Waals surface area contributed by atoms with Gasteiger partial charge in [0, 0.05) is 43.8 Å². The summed E-state index contributed by atoms with van der Waals surface area (Å²) in [5, 5.41) is 13.0. The van der Waals surface area contributed by atoms with E-state index < -0.39 is 23.9 Å². The van der Waals surface area contributed by atoms with Crippen LogP contribution in [-0.2, 0) is 4.79 Å². The molecule has 160 valence electrons. The van der Waals surface area contributed by atoms with E-state index in [-0.39, 0.29) is 28.3 Å². The number of rotatable bonds is 4. The van der Waals surface area contributed by atoms with Gasteiger partial charge in [-0.2, -0.15) is 0 Å². The highest BCUT2D eigenvalue weighted by Crippen LogP contribution is 2.44. The molecule has 2 N–H and O–H groups in total. The molecule has 10 heteroatoms. The van der Waals surface area contributed by atoms with Crippen LogP contribution in [0.3, 0.4) is 0 Å². The number of anilines is 2. The van der Waals surface area contributed by atoms with Crippen LogP contribution in [-0.4, -0.2) is 50.8 Å². The van der Waals surface area contributed by atoms with Gasteiger partial charge in [0.25, 0.3) is 0 Å². The maximum atomic E-state index is 15.3. The number of benzene rings is 1. The molecular weight excluding hydrogens is 405 g/mol. The van der Waals surface area contributed by atoms with E-state index in [2.05, 4.69) is 15.3 Å². The number of carboxylic acid groups (broad SMARTS) is 1. The largest absolute Gasteiger partial charge is 0.478 e. The van der Waals surface area contributed by atoms with E-state index in [1.807, 2.05) is 0 Å². The first-order valence-electron chi connectivity index (χ1n) is 9.99. The number of pyridine rings is 1. The number of hydrogen-bond acceptors (Lipinski definition) is 7. The van der Waals surface area contributed by atoms with Crippen molar-refractivity contribution in [3.63, 3.8) is 0 Å². The summed E-state index contributed by atoms with van der Waals surface area (Å²) in [6, 6.07) is 3.67. The highest BCUT2D eigenvalue weighted by Gasteiger charge is 2.38. The smallest absolute Gasteiger partial charge is 0.347 e. The second kappa shape index (κ2) is 7.22. The van der Waals surface area contributed by atoms with Crippen molar-refractivity contribution in [3.05, 3.63) is 52.8 Å². The third-order valence-corrected chi connectivity index (χ3v) is 5.86. The number of nitrogens with zero attached hydrogens (tertiary/aromatic N) is 4. The van der Waals surface area contributed by atoms with Crippen LogP contribution in [0, 0.1) is 5.82 Å². The minimum Gasteiger partial charge on any atom is -0.478 e. The van der Waals surface area contributed by atoms with Crippen LogP contribution in [0.15, 0.2) is 41.6 Å². The van der Waals surface area contributed by atoms with Gasteiger partial charge < -0.3 is 24.6 Å². The molecule has 2 aromatic heterocycles. The van der Waals surface area contributed by atoms with E-state index in [1.54, 1.807) is 41.0 Å². The summed E-state index contributed by atoms with van der Waals surface area (Å²) in [5.41, 5.74) is 0.240. The Bertz CT molecular complexity index is 1230. The van der Waals surface area contributed by atoms with Gasteiger partial charge in [0.05, 0.1) is 16.9 Å². The summed E-state index contributed by atoms with van der Waals surface area (Å²) >= 11 is 0. The fraction of sp³-hybridized carbons (Fsp3) is 0.333. The van der Waals surface area contributed by atoms with E-state index >= 15 is 4.39 Å². The Kier molecular flexibility index (Phi) is 4.49.